The van der Waals surface area contributed by atoms with Crippen LogP contribution in [0.2, 0.25) is 0 Å². The Labute approximate surface area is 287 Å². The van der Waals surface area contributed by atoms with E-state index in [4.69, 9.17) is 9.97 Å². The van der Waals surface area contributed by atoms with Crippen molar-refractivity contribution in [2.45, 2.75) is 0 Å². The van der Waals surface area contributed by atoms with E-state index in [1.807, 2.05) is 0 Å². The molecule has 0 saturated heterocycles. The van der Waals surface area contributed by atoms with E-state index in [0.29, 0.717) is 5.82 Å². The van der Waals surface area contributed by atoms with Gasteiger partial charge in [0.2, 0.25) is 0 Å². The molecule has 0 N–H and O–H groups in total. The first-order valence-corrected chi connectivity index (χ1v) is 17.0. The Morgan fingerprint density at radius 1 is 0.360 bits per heavy atom. The highest BCUT2D eigenvalue weighted by Crippen LogP contribution is 2.40. The Morgan fingerprint density at radius 2 is 1.02 bits per heavy atom. The molecule has 0 radical (unpaired) electrons. The first-order chi connectivity index (χ1) is 24.8. The third-order valence-electron chi connectivity index (χ3n) is 10.3. The molecule has 0 saturated carbocycles. The molecule has 0 unspecified atom stereocenters. The molecule has 3 aromatic heterocycles. The first kappa shape index (κ1) is 27.2. The summed E-state index contributed by atoms with van der Waals surface area (Å²) in [6.07, 6.45) is 0. The summed E-state index contributed by atoms with van der Waals surface area (Å²) in [5.74, 6) is 1.58. The second-order valence-corrected chi connectivity index (χ2v) is 13.0. The number of benzene rings is 8. The van der Waals surface area contributed by atoms with E-state index in [9.17, 15) is 0 Å². The van der Waals surface area contributed by atoms with Crippen molar-refractivity contribution in [1.29, 1.82) is 0 Å². The monoisotopic (exact) mass is 636 g/mol. The van der Waals surface area contributed by atoms with Crippen molar-refractivity contribution in [3.8, 4) is 22.9 Å². The van der Waals surface area contributed by atoms with Gasteiger partial charge >= 0.3 is 0 Å². The molecule has 50 heavy (non-hydrogen) atoms. The lowest BCUT2D eigenvalue weighted by Crippen LogP contribution is -2.02. The van der Waals surface area contributed by atoms with E-state index in [1.54, 1.807) is 0 Å². The van der Waals surface area contributed by atoms with Crippen LogP contribution in [0.5, 0.6) is 0 Å². The van der Waals surface area contributed by atoms with Gasteiger partial charge in [-0.15, -0.1) is 0 Å². The van der Waals surface area contributed by atoms with Crippen LogP contribution in [0.15, 0.2) is 170 Å². The Morgan fingerprint density at radius 3 is 1.88 bits per heavy atom. The van der Waals surface area contributed by atoms with Crippen molar-refractivity contribution >= 4 is 76.1 Å². The van der Waals surface area contributed by atoms with Gasteiger partial charge in [-0.25, -0.2) is 9.97 Å². The van der Waals surface area contributed by atoms with Crippen LogP contribution >= 0.6 is 0 Å². The Hall–Kier alpha value is -6.78. The van der Waals surface area contributed by atoms with E-state index in [0.717, 1.165) is 44.5 Å². The summed E-state index contributed by atoms with van der Waals surface area (Å²) in [4.78, 5) is 10.7. The van der Waals surface area contributed by atoms with Crippen LogP contribution in [0.3, 0.4) is 0 Å². The van der Waals surface area contributed by atoms with Crippen LogP contribution in [0, 0.1) is 0 Å². The topological polar surface area (TPSA) is 35.6 Å². The summed E-state index contributed by atoms with van der Waals surface area (Å²) in [7, 11) is 0. The lowest BCUT2D eigenvalue weighted by Gasteiger charge is -2.13. The van der Waals surface area contributed by atoms with Crippen LogP contribution in [-0.2, 0) is 0 Å². The molecule has 0 aliphatic carbocycles. The van der Waals surface area contributed by atoms with Crippen LogP contribution in [0.25, 0.3) is 99.0 Å². The average Bonchev–Trinajstić information content (AvgIpc) is 3.69. The molecule has 0 amide bonds. The minimum absolute atomic E-state index is 0.702. The van der Waals surface area contributed by atoms with Crippen molar-refractivity contribution in [2.24, 2.45) is 0 Å². The summed E-state index contributed by atoms with van der Waals surface area (Å²) in [5.41, 5.74) is 7.63. The SMILES string of the molecule is c1ccc(-n2c3ccc(-c4nc(-n5c6ccccc6c6cc7ccccc7cc65)c5ccccc5n4)cc3c3c4ccccc4ccc32)cc1. The summed E-state index contributed by atoms with van der Waals surface area (Å²) >= 11 is 0. The second kappa shape index (κ2) is 10.4. The van der Waals surface area contributed by atoms with Gasteiger partial charge in [0.15, 0.2) is 5.82 Å². The summed E-state index contributed by atoms with van der Waals surface area (Å²) in [6, 6.07) is 60.7. The van der Waals surface area contributed by atoms with Gasteiger partial charge in [0, 0.05) is 38.2 Å². The molecule has 0 atom stereocenters. The maximum atomic E-state index is 5.45. The standard InChI is InChI=1S/C46H28N4/c1-2-15-33(16-3-1)49-41-24-23-32(27-38(41)44-34-17-7-6-12-29(34)22-25-42(44)49)45-47-39-20-10-8-19-36(39)46(48-45)50-40-21-11-9-18-35(40)37-26-30-13-4-5-14-31(30)28-43(37)50/h1-28H. The smallest absolute Gasteiger partial charge is 0.162 e. The van der Waals surface area contributed by atoms with Crippen molar-refractivity contribution in [2.75, 3.05) is 0 Å². The molecule has 0 fully saturated rings. The van der Waals surface area contributed by atoms with Crippen molar-refractivity contribution in [3.63, 3.8) is 0 Å². The van der Waals surface area contributed by atoms with Gasteiger partial charge in [0.05, 0.1) is 27.6 Å². The minimum Gasteiger partial charge on any atom is -0.309 e. The first-order valence-electron chi connectivity index (χ1n) is 17.0. The molecule has 8 aromatic carbocycles. The van der Waals surface area contributed by atoms with Crippen LogP contribution in [-0.4, -0.2) is 19.1 Å². The lowest BCUT2D eigenvalue weighted by atomic mass is 10.0. The van der Waals surface area contributed by atoms with Gasteiger partial charge in [0.25, 0.3) is 0 Å². The van der Waals surface area contributed by atoms with Gasteiger partial charge < -0.3 is 4.57 Å². The van der Waals surface area contributed by atoms with E-state index < -0.39 is 0 Å². The largest absolute Gasteiger partial charge is 0.309 e. The highest BCUT2D eigenvalue weighted by Gasteiger charge is 2.20. The van der Waals surface area contributed by atoms with Crippen molar-refractivity contribution < 1.29 is 0 Å². The number of hydrogen-bond donors (Lipinski definition) is 0. The molecule has 0 aliphatic rings. The average molecular weight is 637 g/mol. The maximum Gasteiger partial charge on any atom is 0.162 e. The molecule has 11 rings (SSSR count). The van der Waals surface area contributed by atoms with Gasteiger partial charge in [-0.1, -0.05) is 103 Å². The van der Waals surface area contributed by atoms with Gasteiger partial charge in [-0.2, -0.15) is 0 Å². The summed E-state index contributed by atoms with van der Waals surface area (Å²) in [5, 5.41) is 10.7. The number of nitrogens with zero attached hydrogens (tertiary/aromatic N) is 4. The highest BCUT2D eigenvalue weighted by molar-refractivity contribution is 6.22. The zero-order valence-electron chi connectivity index (χ0n) is 27.0. The molecule has 232 valence electrons. The molecule has 0 spiro atoms. The fraction of sp³-hybridized carbons (Fsp3) is 0. The number of fused-ring (bicyclic) bond motifs is 10. The fourth-order valence-corrected chi connectivity index (χ4v) is 8.03. The van der Waals surface area contributed by atoms with E-state index in [1.165, 1.54) is 48.6 Å². The van der Waals surface area contributed by atoms with Crippen molar-refractivity contribution in [3.05, 3.63) is 170 Å². The fourth-order valence-electron chi connectivity index (χ4n) is 8.03. The zero-order chi connectivity index (χ0) is 32.8. The number of rotatable bonds is 3. The minimum atomic E-state index is 0.702. The normalized spacial score (nSPS) is 12.0. The molecule has 11 aromatic rings. The van der Waals surface area contributed by atoms with E-state index in [-0.39, 0.29) is 0 Å². The quantitative estimate of drug-likeness (QED) is 0.193. The molecule has 4 nitrogen and oxygen atoms in total. The van der Waals surface area contributed by atoms with Gasteiger partial charge in [-0.05, 0) is 88.3 Å². The lowest BCUT2D eigenvalue weighted by molar-refractivity contribution is 1.08. The van der Waals surface area contributed by atoms with E-state index in [2.05, 4.69) is 179 Å². The number of aromatic nitrogens is 4. The van der Waals surface area contributed by atoms with Crippen LogP contribution < -0.4 is 0 Å². The third kappa shape index (κ3) is 3.87. The summed E-state index contributed by atoms with van der Waals surface area (Å²) in [6.45, 7) is 0. The number of hydrogen-bond acceptors (Lipinski definition) is 2. The Kier molecular flexibility index (Phi) is 5.63. The van der Waals surface area contributed by atoms with Gasteiger partial charge in [-0.3, -0.25) is 4.57 Å². The zero-order valence-corrected chi connectivity index (χ0v) is 27.0. The van der Waals surface area contributed by atoms with Crippen LogP contribution in [0.1, 0.15) is 0 Å². The highest BCUT2D eigenvalue weighted by atomic mass is 15.1. The molecular formula is C46H28N4. The predicted octanol–water partition coefficient (Wildman–Crippen LogP) is 11.8. The molecule has 4 heteroatoms. The van der Waals surface area contributed by atoms with E-state index >= 15 is 0 Å². The molecular weight excluding hydrogens is 609 g/mol. The molecule has 3 heterocycles. The predicted molar refractivity (Wildman–Crippen MR) is 209 cm³/mol. The van der Waals surface area contributed by atoms with Gasteiger partial charge in [0.1, 0.15) is 5.82 Å². The third-order valence-corrected chi connectivity index (χ3v) is 10.3. The van der Waals surface area contributed by atoms with Crippen LogP contribution in [0.4, 0.5) is 0 Å². The molecule has 0 bridgehead atoms. The Balaban J connectivity index is 1.22. The summed E-state index contributed by atoms with van der Waals surface area (Å²) < 4.78 is 4.70. The molecule has 0 aliphatic heterocycles. The second-order valence-electron chi connectivity index (χ2n) is 13.0. The Bertz CT molecular complexity index is 3150. The van der Waals surface area contributed by atoms with Crippen molar-refractivity contribution in [1.82, 2.24) is 19.1 Å². The number of para-hydroxylation sites is 3. The maximum absolute atomic E-state index is 5.45.